The summed E-state index contributed by atoms with van der Waals surface area (Å²) in [6.45, 7) is 11.5. The fourth-order valence-corrected chi connectivity index (χ4v) is 9.39. The van der Waals surface area contributed by atoms with Crippen LogP contribution in [0, 0.1) is 0 Å². The van der Waals surface area contributed by atoms with Gasteiger partial charge in [-0.05, 0) is 98.0 Å². The first-order valence-electron chi connectivity index (χ1n) is 21.5. The molecule has 0 aliphatic carbocycles. The van der Waals surface area contributed by atoms with Crippen molar-refractivity contribution in [3.8, 4) is 73.2 Å². The van der Waals surface area contributed by atoms with E-state index >= 15 is 0 Å². The highest BCUT2D eigenvalue weighted by atomic mass is 15.1. The lowest BCUT2D eigenvalue weighted by Gasteiger charge is -2.28. The predicted molar refractivity (Wildman–Crippen MR) is 258 cm³/mol. The van der Waals surface area contributed by atoms with E-state index in [1.165, 1.54) is 44.2 Å². The lowest BCUT2D eigenvalue weighted by Crippen LogP contribution is -2.20. The molecule has 12 rings (SSSR count). The van der Waals surface area contributed by atoms with Gasteiger partial charge in [-0.15, -0.1) is 0 Å². The van der Waals surface area contributed by atoms with E-state index in [1.54, 1.807) is 0 Å². The largest absolute Gasteiger partial charge is 0.309 e. The first-order chi connectivity index (χ1) is 30.1. The van der Waals surface area contributed by atoms with Crippen LogP contribution in [0.2, 0.25) is 0 Å². The SMILES string of the molecule is CC(C)(C)c1ccc2c(c1)c1cc3ccc1n2-c1ccc(-c2ccc(-c4ccccc4)c(-c4ccccc4)c2)cc1-c1nc(-c2ccccc2)nc(n1)-c1ccccc1C3(C)C. The zero-order chi connectivity index (χ0) is 42.2. The Morgan fingerprint density at radius 2 is 0.935 bits per heavy atom. The van der Waals surface area contributed by atoms with Crippen molar-refractivity contribution in [3.05, 3.63) is 205 Å². The summed E-state index contributed by atoms with van der Waals surface area (Å²) in [6, 6.07) is 68.0. The molecule has 62 heavy (non-hydrogen) atoms. The highest BCUT2D eigenvalue weighted by molar-refractivity contribution is 6.10. The molecular weight excluding hydrogens is 753 g/mol. The summed E-state index contributed by atoms with van der Waals surface area (Å²) >= 11 is 0. The molecule has 4 heterocycles. The van der Waals surface area contributed by atoms with Gasteiger partial charge in [-0.2, -0.15) is 0 Å². The van der Waals surface area contributed by atoms with Gasteiger partial charge in [-0.3, -0.25) is 0 Å². The Morgan fingerprint density at radius 1 is 0.403 bits per heavy atom. The topological polar surface area (TPSA) is 43.6 Å². The number of hydrogen-bond donors (Lipinski definition) is 0. The van der Waals surface area contributed by atoms with Gasteiger partial charge in [0.1, 0.15) is 0 Å². The van der Waals surface area contributed by atoms with E-state index < -0.39 is 0 Å². The van der Waals surface area contributed by atoms with Crippen LogP contribution in [0.5, 0.6) is 0 Å². The van der Waals surface area contributed by atoms with Gasteiger partial charge in [0.25, 0.3) is 0 Å². The fourth-order valence-electron chi connectivity index (χ4n) is 9.39. The summed E-state index contributed by atoms with van der Waals surface area (Å²) in [7, 11) is 0. The molecule has 0 radical (unpaired) electrons. The molecule has 2 aliphatic heterocycles. The number of nitrogens with zero attached hydrogens (tertiary/aromatic N) is 4. The molecule has 8 aromatic carbocycles. The molecule has 2 aromatic heterocycles. The van der Waals surface area contributed by atoms with E-state index in [0.717, 1.165) is 50.1 Å². The van der Waals surface area contributed by atoms with Crippen LogP contribution in [0.4, 0.5) is 0 Å². The maximum absolute atomic E-state index is 5.48. The Kier molecular flexibility index (Phi) is 8.69. The van der Waals surface area contributed by atoms with Crippen LogP contribution in [0.1, 0.15) is 51.3 Å². The summed E-state index contributed by atoms with van der Waals surface area (Å²) in [4.78, 5) is 16.1. The molecule has 2 aliphatic rings. The molecule has 0 unspecified atom stereocenters. The zero-order valence-electron chi connectivity index (χ0n) is 35.7. The lowest BCUT2D eigenvalue weighted by molar-refractivity contribution is 0.591. The Hall–Kier alpha value is -7.43. The summed E-state index contributed by atoms with van der Waals surface area (Å²) in [5, 5.41) is 2.46. The van der Waals surface area contributed by atoms with Gasteiger partial charge >= 0.3 is 0 Å². The minimum atomic E-state index is -0.378. The molecule has 10 aromatic rings. The minimum absolute atomic E-state index is 0.0180. The van der Waals surface area contributed by atoms with Crippen molar-refractivity contribution in [1.82, 2.24) is 19.5 Å². The van der Waals surface area contributed by atoms with Crippen LogP contribution >= 0.6 is 0 Å². The van der Waals surface area contributed by atoms with Crippen molar-refractivity contribution in [3.63, 3.8) is 0 Å². The molecule has 0 spiro atoms. The molecule has 4 heteroatoms. The van der Waals surface area contributed by atoms with Crippen LogP contribution < -0.4 is 0 Å². The smallest absolute Gasteiger partial charge is 0.166 e. The number of benzene rings is 8. The normalized spacial score (nSPS) is 13.0. The van der Waals surface area contributed by atoms with Crippen molar-refractivity contribution >= 4 is 21.8 Å². The second kappa shape index (κ2) is 14.4. The Bertz CT molecular complexity index is 3340. The average molecular weight is 799 g/mol. The first kappa shape index (κ1) is 37.6. The zero-order valence-corrected chi connectivity index (χ0v) is 35.7. The molecule has 6 bridgehead atoms. The number of fused-ring (bicyclic) bond motifs is 2. The van der Waals surface area contributed by atoms with E-state index in [1.807, 2.05) is 18.2 Å². The molecule has 0 N–H and O–H groups in total. The van der Waals surface area contributed by atoms with Gasteiger partial charge in [-0.1, -0.05) is 180 Å². The third-order valence-corrected chi connectivity index (χ3v) is 12.9. The van der Waals surface area contributed by atoms with Crippen LogP contribution in [-0.2, 0) is 10.8 Å². The molecule has 0 fully saturated rings. The minimum Gasteiger partial charge on any atom is -0.309 e. The van der Waals surface area contributed by atoms with Gasteiger partial charge in [-0.25, -0.2) is 15.0 Å². The standard InChI is InChI=1S/C58H46N4/c1-57(2,3)42-27-31-51-47(35-42)48-36-43-28-32-52(48)62(51)53-30-26-41(40-25-29-44(37-17-9-6-10-18-37)46(33-40)38-19-11-7-12-20-38)34-49(53)56-60-54(39-21-13-8-14-22-39)59-55(61-56)45-23-15-16-24-50(45)58(43,4)5/h6-36H,1-5H3. The molecule has 298 valence electrons. The average Bonchev–Trinajstić information content (AvgIpc) is 3.64. The van der Waals surface area contributed by atoms with Gasteiger partial charge < -0.3 is 4.57 Å². The molecule has 0 saturated carbocycles. The van der Waals surface area contributed by atoms with Gasteiger partial charge in [0.05, 0.1) is 16.7 Å². The lowest BCUT2D eigenvalue weighted by atomic mass is 9.75. The molecular formula is C58H46N4. The second-order valence-electron chi connectivity index (χ2n) is 18.1. The van der Waals surface area contributed by atoms with Crippen LogP contribution in [0.25, 0.3) is 95.0 Å². The van der Waals surface area contributed by atoms with Gasteiger partial charge in [0.2, 0.25) is 0 Å². The van der Waals surface area contributed by atoms with E-state index in [-0.39, 0.29) is 10.8 Å². The predicted octanol–water partition coefficient (Wildman–Crippen LogP) is 14.9. The van der Waals surface area contributed by atoms with Crippen LogP contribution in [0.3, 0.4) is 0 Å². The van der Waals surface area contributed by atoms with E-state index in [0.29, 0.717) is 17.5 Å². The third-order valence-electron chi connectivity index (χ3n) is 12.9. The van der Waals surface area contributed by atoms with E-state index in [4.69, 9.17) is 15.0 Å². The van der Waals surface area contributed by atoms with Crippen molar-refractivity contribution < 1.29 is 0 Å². The third kappa shape index (κ3) is 6.25. The Morgan fingerprint density at radius 3 is 1.61 bits per heavy atom. The van der Waals surface area contributed by atoms with Crippen molar-refractivity contribution in [2.24, 2.45) is 0 Å². The molecule has 0 amide bonds. The van der Waals surface area contributed by atoms with Crippen LogP contribution in [0.15, 0.2) is 188 Å². The fraction of sp³-hybridized carbons (Fsp3) is 0.121. The van der Waals surface area contributed by atoms with E-state index in [2.05, 4.69) is 209 Å². The molecule has 4 nitrogen and oxygen atoms in total. The van der Waals surface area contributed by atoms with Crippen molar-refractivity contribution in [2.75, 3.05) is 0 Å². The maximum atomic E-state index is 5.48. The monoisotopic (exact) mass is 798 g/mol. The highest BCUT2D eigenvalue weighted by Crippen LogP contribution is 2.45. The first-order valence-corrected chi connectivity index (χ1v) is 21.5. The molecule has 0 saturated heterocycles. The van der Waals surface area contributed by atoms with Gasteiger partial charge in [0, 0.05) is 32.9 Å². The number of rotatable bonds is 4. The summed E-state index contributed by atoms with van der Waals surface area (Å²) in [6.07, 6.45) is 0. The second-order valence-corrected chi connectivity index (χ2v) is 18.1. The highest BCUT2D eigenvalue weighted by Gasteiger charge is 2.30. The quantitative estimate of drug-likeness (QED) is 0.178. The number of aromatic nitrogens is 4. The van der Waals surface area contributed by atoms with Crippen molar-refractivity contribution in [1.29, 1.82) is 0 Å². The molecule has 0 atom stereocenters. The van der Waals surface area contributed by atoms with Gasteiger partial charge in [0.15, 0.2) is 17.5 Å². The Balaban J connectivity index is 1.25. The Labute approximate surface area is 363 Å². The summed E-state index contributed by atoms with van der Waals surface area (Å²) < 4.78 is 2.43. The summed E-state index contributed by atoms with van der Waals surface area (Å²) in [5.74, 6) is 1.92. The summed E-state index contributed by atoms with van der Waals surface area (Å²) in [5.41, 5.74) is 16.4. The van der Waals surface area contributed by atoms with E-state index in [9.17, 15) is 0 Å². The van der Waals surface area contributed by atoms with Crippen LogP contribution in [-0.4, -0.2) is 19.5 Å². The number of hydrogen-bond acceptors (Lipinski definition) is 3. The van der Waals surface area contributed by atoms with Crippen molar-refractivity contribution in [2.45, 2.75) is 45.4 Å². The maximum Gasteiger partial charge on any atom is 0.166 e.